The molecule has 3 rings (SSSR count). The summed E-state index contributed by atoms with van der Waals surface area (Å²) in [6.45, 7) is 6.82. The smallest absolute Gasteiger partial charge is 0.225 e. The molecule has 1 unspecified atom stereocenters. The van der Waals surface area contributed by atoms with E-state index in [4.69, 9.17) is 0 Å². The number of carbonyl (C=O) groups is 2. The lowest BCUT2D eigenvalue weighted by Crippen LogP contribution is -2.55. The van der Waals surface area contributed by atoms with Crippen LogP contribution >= 0.6 is 0 Å². The number of carbonyl (C=O) groups excluding carboxylic acids is 2. The van der Waals surface area contributed by atoms with Gasteiger partial charge in [0.05, 0.1) is 0 Å². The third kappa shape index (κ3) is 4.29. The summed E-state index contributed by atoms with van der Waals surface area (Å²) in [4.78, 5) is 28.9. The number of nitrogens with one attached hydrogen (secondary N) is 1. The summed E-state index contributed by atoms with van der Waals surface area (Å²) in [6, 6.07) is 0. The highest BCUT2D eigenvalue weighted by Gasteiger charge is 2.33. The summed E-state index contributed by atoms with van der Waals surface area (Å²) in [5.74, 6) is 1.94. The van der Waals surface area contributed by atoms with Crippen molar-refractivity contribution >= 4 is 11.8 Å². The molecule has 2 amide bonds. The van der Waals surface area contributed by atoms with Crippen LogP contribution in [0.1, 0.15) is 51.9 Å². The summed E-state index contributed by atoms with van der Waals surface area (Å²) in [5.41, 5.74) is 0. The minimum atomic E-state index is 0.111. The largest absolute Gasteiger partial charge is 0.339 e. The first-order chi connectivity index (χ1) is 11.6. The highest BCUT2D eigenvalue weighted by Crippen LogP contribution is 2.27. The third-order valence-electron chi connectivity index (χ3n) is 6.34. The van der Waals surface area contributed by atoms with Crippen LogP contribution in [0.3, 0.4) is 0 Å². The zero-order valence-electron chi connectivity index (χ0n) is 15.1. The van der Waals surface area contributed by atoms with E-state index in [0.717, 1.165) is 25.4 Å². The van der Waals surface area contributed by atoms with Gasteiger partial charge in [-0.05, 0) is 31.3 Å². The Bertz CT molecular complexity index is 436. The molecule has 2 aliphatic heterocycles. The molecule has 2 heterocycles. The van der Waals surface area contributed by atoms with E-state index in [2.05, 4.69) is 12.2 Å². The fraction of sp³-hybridized carbons (Fsp3) is 0.895. The fourth-order valence-electron chi connectivity index (χ4n) is 4.29. The van der Waals surface area contributed by atoms with Crippen molar-refractivity contribution in [3.63, 3.8) is 0 Å². The average Bonchev–Trinajstić information content (AvgIpc) is 2.58. The van der Waals surface area contributed by atoms with Gasteiger partial charge in [-0.2, -0.15) is 0 Å². The van der Waals surface area contributed by atoms with Gasteiger partial charge in [-0.1, -0.05) is 39.0 Å². The van der Waals surface area contributed by atoms with Crippen LogP contribution in [0.25, 0.3) is 0 Å². The van der Waals surface area contributed by atoms with Crippen LogP contribution in [0, 0.1) is 17.8 Å². The van der Waals surface area contributed by atoms with Gasteiger partial charge in [0.2, 0.25) is 11.8 Å². The van der Waals surface area contributed by atoms with E-state index in [1.807, 2.05) is 9.80 Å². The Morgan fingerprint density at radius 2 is 1.62 bits per heavy atom. The number of hydrogen-bond acceptors (Lipinski definition) is 3. The predicted octanol–water partition coefficient (Wildman–Crippen LogP) is 1.87. The lowest BCUT2D eigenvalue weighted by molar-refractivity contribution is -0.143. The highest BCUT2D eigenvalue weighted by molar-refractivity contribution is 5.80. The Balaban J connectivity index is 1.37. The Labute approximate surface area is 146 Å². The molecule has 0 spiro atoms. The molecule has 136 valence electrons. The van der Waals surface area contributed by atoms with Crippen molar-refractivity contribution in [2.45, 2.75) is 51.9 Å². The maximum Gasteiger partial charge on any atom is 0.225 e. The van der Waals surface area contributed by atoms with Gasteiger partial charge in [-0.25, -0.2) is 0 Å². The van der Waals surface area contributed by atoms with E-state index in [1.165, 1.54) is 32.1 Å². The van der Waals surface area contributed by atoms with Crippen molar-refractivity contribution in [3.8, 4) is 0 Å². The van der Waals surface area contributed by atoms with Gasteiger partial charge < -0.3 is 15.1 Å². The molecule has 0 aromatic rings. The average molecular weight is 335 g/mol. The molecule has 3 fully saturated rings. The lowest BCUT2D eigenvalue weighted by atomic mass is 9.86. The molecule has 1 saturated carbocycles. The second kappa shape index (κ2) is 8.32. The van der Waals surface area contributed by atoms with E-state index in [1.54, 1.807) is 0 Å². The number of piperazine rings is 1. The maximum absolute atomic E-state index is 12.5. The molecule has 1 atom stereocenters. The summed E-state index contributed by atoms with van der Waals surface area (Å²) in [6.07, 6.45) is 8.43. The van der Waals surface area contributed by atoms with Crippen LogP contribution in [0.4, 0.5) is 0 Å². The van der Waals surface area contributed by atoms with E-state index in [-0.39, 0.29) is 11.8 Å². The van der Waals surface area contributed by atoms with Gasteiger partial charge in [-0.3, -0.25) is 9.59 Å². The Morgan fingerprint density at radius 3 is 2.21 bits per heavy atom. The molecule has 5 heteroatoms. The molecule has 0 radical (unpaired) electrons. The fourth-order valence-corrected chi connectivity index (χ4v) is 4.29. The van der Waals surface area contributed by atoms with E-state index >= 15 is 0 Å². The quantitative estimate of drug-likeness (QED) is 0.834. The van der Waals surface area contributed by atoms with Gasteiger partial charge in [0, 0.05) is 38.5 Å². The van der Waals surface area contributed by atoms with Crippen LogP contribution in [-0.2, 0) is 9.59 Å². The first kappa shape index (κ1) is 17.7. The molecule has 24 heavy (non-hydrogen) atoms. The van der Waals surface area contributed by atoms with E-state index in [0.29, 0.717) is 44.4 Å². The molecule has 3 aliphatic rings. The Morgan fingerprint density at radius 1 is 1.00 bits per heavy atom. The zero-order chi connectivity index (χ0) is 16.9. The molecule has 1 aliphatic carbocycles. The minimum absolute atomic E-state index is 0.111. The molecular weight excluding hydrogens is 302 g/mol. The summed E-state index contributed by atoms with van der Waals surface area (Å²) >= 11 is 0. The standard InChI is InChI=1S/C19H33N3O2/c1-15(17-13-20-14-17)19(24)22-11-9-21(10-12-22)18(23)8-7-16-5-3-2-4-6-16/h15-17,20H,2-14H2,1H3. The number of nitrogens with zero attached hydrogens (tertiary/aromatic N) is 2. The molecule has 0 aromatic carbocycles. The van der Waals surface area contributed by atoms with Crippen molar-refractivity contribution in [2.24, 2.45) is 17.8 Å². The maximum atomic E-state index is 12.5. The second-order valence-electron chi connectivity index (χ2n) is 7.96. The van der Waals surface area contributed by atoms with Crippen LogP contribution in [0.15, 0.2) is 0 Å². The zero-order valence-corrected chi connectivity index (χ0v) is 15.1. The minimum Gasteiger partial charge on any atom is -0.339 e. The van der Waals surface area contributed by atoms with Crippen molar-refractivity contribution in [1.82, 2.24) is 15.1 Å². The van der Waals surface area contributed by atoms with Crippen molar-refractivity contribution in [1.29, 1.82) is 0 Å². The van der Waals surface area contributed by atoms with Crippen molar-refractivity contribution in [2.75, 3.05) is 39.3 Å². The van der Waals surface area contributed by atoms with E-state index < -0.39 is 0 Å². The topological polar surface area (TPSA) is 52.7 Å². The summed E-state index contributed by atoms with van der Waals surface area (Å²) in [7, 11) is 0. The monoisotopic (exact) mass is 335 g/mol. The lowest BCUT2D eigenvalue weighted by Gasteiger charge is -2.39. The molecule has 0 aromatic heterocycles. The summed E-state index contributed by atoms with van der Waals surface area (Å²) in [5, 5.41) is 3.24. The first-order valence-corrected chi connectivity index (χ1v) is 9.92. The normalized spacial score (nSPS) is 24.5. The molecule has 2 saturated heterocycles. The predicted molar refractivity (Wildman–Crippen MR) is 94.5 cm³/mol. The van der Waals surface area contributed by atoms with Gasteiger partial charge >= 0.3 is 0 Å². The van der Waals surface area contributed by atoms with Crippen LogP contribution in [0.2, 0.25) is 0 Å². The number of amides is 2. The SMILES string of the molecule is CC(C(=O)N1CCN(C(=O)CCC2CCCCC2)CC1)C1CNC1. The highest BCUT2D eigenvalue weighted by atomic mass is 16.2. The van der Waals surface area contributed by atoms with Gasteiger partial charge in [0.25, 0.3) is 0 Å². The molecule has 0 bridgehead atoms. The van der Waals surface area contributed by atoms with Crippen LogP contribution in [-0.4, -0.2) is 60.9 Å². The molecular formula is C19H33N3O2. The molecule has 1 N–H and O–H groups in total. The summed E-state index contributed by atoms with van der Waals surface area (Å²) < 4.78 is 0. The Hall–Kier alpha value is -1.10. The van der Waals surface area contributed by atoms with Gasteiger partial charge in [0.1, 0.15) is 0 Å². The van der Waals surface area contributed by atoms with Gasteiger partial charge in [-0.15, -0.1) is 0 Å². The van der Waals surface area contributed by atoms with Crippen LogP contribution < -0.4 is 5.32 Å². The Kier molecular flexibility index (Phi) is 6.14. The van der Waals surface area contributed by atoms with Crippen LogP contribution in [0.5, 0.6) is 0 Å². The molecule has 5 nitrogen and oxygen atoms in total. The third-order valence-corrected chi connectivity index (χ3v) is 6.34. The van der Waals surface area contributed by atoms with Crippen molar-refractivity contribution in [3.05, 3.63) is 0 Å². The first-order valence-electron chi connectivity index (χ1n) is 9.92. The van der Waals surface area contributed by atoms with Crippen molar-refractivity contribution < 1.29 is 9.59 Å². The second-order valence-corrected chi connectivity index (χ2v) is 7.96. The van der Waals surface area contributed by atoms with Gasteiger partial charge in [0.15, 0.2) is 0 Å². The number of rotatable bonds is 5. The van der Waals surface area contributed by atoms with E-state index in [9.17, 15) is 9.59 Å². The number of hydrogen-bond donors (Lipinski definition) is 1.